The average Bonchev–Trinajstić information content (AvgIpc) is 3.05. The van der Waals surface area contributed by atoms with E-state index in [-0.39, 0.29) is 17.8 Å². The summed E-state index contributed by atoms with van der Waals surface area (Å²) in [7, 11) is 0. The van der Waals surface area contributed by atoms with Crippen molar-refractivity contribution in [3.8, 4) is 0 Å². The van der Waals surface area contributed by atoms with Gasteiger partial charge in [0, 0.05) is 45.6 Å². The van der Waals surface area contributed by atoms with Crippen LogP contribution in [0, 0.1) is 11.8 Å². The number of pyridine rings is 1. The topological polar surface area (TPSA) is 62.7 Å². The maximum atomic E-state index is 13.3. The van der Waals surface area contributed by atoms with E-state index >= 15 is 0 Å². The number of nitrogens with zero attached hydrogens (tertiary/aromatic N) is 3. The van der Waals surface area contributed by atoms with Gasteiger partial charge in [0.15, 0.2) is 0 Å². The highest BCUT2D eigenvalue weighted by Crippen LogP contribution is 2.46. The van der Waals surface area contributed by atoms with E-state index < -0.39 is 5.60 Å². The molecule has 1 amide bonds. The third kappa shape index (κ3) is 7.73. The number of aromatic nitrogens is 1. The Hall–Kier alpha value is -1.48. The zero-order valence-corrected chi connectivity index (χ0v) is 28.2. The molecule has 0 N–H and O–H groups in total. The molecule has 1 atom stereocenters. The summed E-state index contributed by atoms with van der Waals surface area (Å²) in [5, 5.41) is 0.755. The van der Waals surface area contributed by atoms with E-state index in [0.717, 1.165) is 84.4 Å². The minimum atomic E-state index is -0.462. The van der Waals surface area contributed by atoms with Crippen LogP contribution in [0.4, 0.5) is 0 Å². The Morgan fingerprint density at radius 2 is 1.68 bits per heavy atom. The molecule has 2 aliphatic heterocycles. The molecule has 5 rings (SSSR count). The predicted octanol–water partition coefficient (Wildman–Crippen LogP) is 7.17. The molecule has 3 aliphatic rings. The highest BCUT2D eigenvalue weighted by atomic mass is 79.9. The van der Waals surface area contributed by atoms with Crippen LogP contribution in [0.5, 0.6) is 0 Å². The van der Waals surface area contributed by atoms with Crippen molar-refractivity contribution >= 4 is 55.3 Å². The van der Waals surface area contributed by atoms with Crippen LogP contribution in [-0.2, 0) is 27.2 Å². The van der Waals surface area contributed by atoms with Gasteiger partial charge in [-0.1, -0.05) is 27.5 Å². The third-order valence-corrected chi connectivity index (χ3v) is 10.0. The van der Waals surface area contributed by atoms with Crippen LogP contribution in [0.15, 0.2) is 33.3 Å². The van der Waals surface area contributed by atoms with Crippen molar-refractivity contribution in [2.24, 2.45) is 11.8 Å². The van der Waals surface area contributed by atoms with Crippen LogP contribution in [0.25, 0.3) is 0 Å². The number of aryl methyl sites for hydroxylation is 2. The Morgan fingerprint density at radius 3 is 2.37 bits per heavy atom. The van der Waals surface area contributed by atoms with E-state index in [9.17, 15) is 9.59 Å². The Balaban J connectivity index is 1.19. The summed E-state index contributed by atoms with van der Waals surface area (Å²) < 4.78 is 7.53. The van der Waals surface area contributed by atoms with E-state index in [4.69, 9.17) is 21.3 Å². The van der Waals surface area contributed by atoms with Gasteiger partial charge in [0.1, 0.15) is 5.60 Å². The normalized spacial score (nSPS) is 20.7. The van der Waals surface area contributed by atoms with E-state index in [2.05, 4.69) is 53.8 Å². The van der Waals surface area contributed by atoms with Crippen LogP contribution in [-0.4, -0.2) is 65.0 Å². The largest absolute Gasteiger partial charge is 0.459 e. The van der Waals surface area contributed by atoms with Crippen molar-refractivity contribution in [2.45, 2.75) is 77.2 Å². The number of fused-ring (bicyclic) bond motifs is 2. The molecule has 0 bridgehead atoms. The average molecular weight is 710 g/mol. The number of hydrogen-bond acceptors (Lipinski definition) is 5. The number of carbonyl (C=O) groups excluding carboxylic acids is 2. The molecule has 222 valence electrons. The Bertz CT molecular complexity index is 1280. The molecule has 0 saturated carbocycles. The number of carbonyl (C=O) groups is 2. The second-order valence-corrected chi connectivity index (χ2v) is 15.1. The van der Waals surface area contributed by atoms with Crippen molar-refractivity contribution in [1.29, 1.82) is 0 Å². The second kappa shape index (κ2) is 13.0. The van der Waals surface area contributed by atoms with Crippen molar-refractivity contribution in [3.63, 3.8) is 0 Å². The Labute approximate surface area is 265 Å². The lowest BCUT2D eigenvalue weighted by molar-refractivity contribution is -0.156. The number of rotatable bonds is 5. The second-order valence-electron chi connectivity index (χ2n) is 12.9. The van der Waals surface area contributed by atoms with Crippen molar-refractivity contribution < 1.29 is 14.3 Å². The van der Waals surface area contributed by atoms with Crippen LogP contribution < -0.4 is 0 Å². The van der Waals surface area contributed by atoms with Crippen LogP contribution in [0.1, 0.15) is 81.2 Å². The maximum Gasteiger partial charge on any atom is 0.320 e. The molecule has 3 heterocycles. The molecule has 41 heavy (non-hydrogen) atoms. The van der Waals surface area contributed by atoms with E-state index in [1.807, 2.05) is 33.0 Å². The Morgan fingerprint density at radius 1 is 1.00 bits per heavy atom. The Kier molecular flexibility index (Phi) is 9.84. The molecule has 2 fully saturated rings. The fraction of sp³-hybridized carbons (Fsp3) is 0.594. The van der Waals surface area contributed by atoms with Gasteiger partial charge < -0.3 is 9.64 Å². The molecule has 9 heteroatoms. The summed E-state index contributed by atoms with van der Waals surface area (Å²) in [6.45, 7) is 9.24. The number of amides is 1. The first-order valence-corrected chi connectivity index (χ1v) is 16.8. The van der Waals surface area contributed by atoms with E-state index in [1.165, 1.54) is 16.7 Å². The minimum absolute atomic E-state index is 0.174. The van der Waals surface area contributed by atoms with Gasteiger partial charge in [-0.2, -0.15) is 0 Å². The lowest BCUT2D eigenvalue weighted by Gasteiger charge is -2.38. The first kappa shape index (κ1) is 31.0. The van der Waals surface area contributed by atoms with Gasteiger partial charge in [-0.3, -0.25) is 19.5 Å². The molecule has 2 saturated heterocycles. The molecule has 1 aliphatic carbocycles. The van der Waals surface area contributed by atoms with Gasteiger partial charge in [0.2, 0.25) is 5.91 Å². The lowest BCUT2D eigenvalue weighted by Crippen LogP contribution is -2.43. The van der Waals surface area contributed by atoms with E-state index in [1.54, 1.807) is 0 Å². The van der Waals surface area contributed by atoms with Gasteiger partial charge in [0.25, 0.3) is 0 Å². The molecule has 1 aromatic heterocycles. The zero-order valence-electron chi connectivity index (χ0n) is 24.2. The van der Waals surface area contributed by atoms with E-state index in [0.29, 0.717) is 24.8 Å². The predicted molar refractivity (Wildman–Crippen MR) is 169 cm³/mol. The molecule has 1 aromatic carbocycles. The van der Waals surface area contributed by atoms with Crippen LogP contribution >= 0.6 is 43.5 Å². The van der Waals surface area contributed by atoms with Gasteiger partial charge >= 0.3 is 5.97 Å². The summed E-state index contributed by atoms with van der Waals surface area (Å²) >= 11 is 13.9. The highest BCUT2D eigenvalue weighted by molar-refractivity contribution is 9.10. The zero-order chi connectivity index (χ0) is 29.3. The summed E-state index contributed by atoms with van der Waals surface area (Å²) in [4.78, 5) is 34.7. The van der Waals surface area contributed by atoms with Gasteiger partial charge in [-0.05, 0) is 135 Å². The fourth-order valence-corrected chi connectivity index (χ4v) is 8.29. The van der Waals surface area contributed by atoms with Crippen molar-refractivity contribution in [2.75, 3.05) is 32.7 Å². The summed E-state index contributed by atoms with van der Waals surface area (Å²) in [6.07, 6.45) is 8.18. The molecule has 2 aromatic rings. The van der Waals surface area contributed by atoms with Gasteiger partial charge in [-0.15, -0.1) is 0 Å². The smallest absolute Gasteiger partial charge is 0.320 e. The molecule has 0 spiro atoms. The molecular formula is C32H40Br2ClN3O3. The molecular weight excluding hydrogens is 670 g/mol. The summed E-state index contributed by atoms with van der Waals surface area (Å²) in [6, 6.07) is 6.34. The fourth-order valence-electron chi connectivity index (χ4n) is 6.79. The first-order chi connectivity index (χ1) is 19.5. The van der Waals surface area contributed by atoms with Crippen molar-refractivity contribution in [3.05, 3.63) is 60.7 Å². The SMILES string of the molecule is CC(C)(C)OC(=O)CN1CCC(CC(=O)N2CCC(C3c4ncc(Br)cc4CCc4cc(Cl)cc(Br)c43)CC2)CC1. The number of benzene rings is 1. The quantitative estimate of drug-likeness (QED) is 0.308. The number of ether oxygens (including phenoxy) is 1. The number of piperidine rings is 2. The number of halogens is 3. The van der Waals surface area contributed by atoms with Gasteiger partial charge in [-0.25, -0.2) is 0 Å². The maximum absolute atomic E-state index is 13.3. The van der Waals surface area contributed by atoms with Crippen LogP contribution in [0.3, 0.4) is 0 Å². The molecule has 1 unspecified atom stereocenters. The standard InChI is InChI=1S/C32H40Br2ClN3O3/c1-32(2,3)41-28(40)19-37-10-6-20(7-11-37)14-27(39)38-12-8-21(9-13-38)30-29-22(16-25(35)17-26(29)34)4-5-23-15-24(33)18-36-31(23)30/h15-18,20-21,30H,4-14,19H2,1-3H3. The number of hydrogen-bond donors (Lipinski definition) is 0. The third-order valence-electron chi connectivity index (χ3n) is 8.72. The van der Waals surface area contributed by atoms with Crippen molar-refractivity contribution in [1.82, 2.24) is 14.8 Å². The monoisotopic (exact) mass is 707 g/mol. The van der Waals surface area contributed by atoms with Gasteiger partial charge in [0.05, 0.1) is 12.2 Å². The highest BCUT2D eigenvalue weighted by Gasteiger charge is 2.37. The molecule has 0 radical (unpaired) electrons. The number of likely N-dealkylation sites (tertiary alicyclic amines) is 2. The van der Waals surface area contributed by atoms with Crippen LogP contribution in [0.2, 0.25) is 5.02 Å². The molecule has 6 nitrogen and oxygen atoms in total. The minimum Gasteiger partial charge on any atom is -0.459 e. The summed E-state index contributed by atoms with van der Waals surface area (Å²) in [5.74, 6) is 1.04. The number of esters is 1. The first-order valence-electron chi connectivity index (χ1n) is 14.8. The lowest BCUT2D eigenvalue weighted by atomic mass is 9.76. The summed E-state index contributed by atoms with van der Waals surface area (Å²) in [5.41, 5.74) is 4.60.